The van der Waals surface area contributed by atoms with Crippen LogP contribution in [0.1, 0.15) is 17.4 Å². The Balaban J connectivity index is 1.67. The van der Waals surface area contributed by atoms with E-state index in [1.54, 1.807) is 25.3 Å². The van der Waals surface area contributed by atoms with Crippen LogP contribution < -0.4 is 10.6 Å². The summed E-state index contributed by atoms with van der Waals surface area (Å²) in [5.41, 5.74) is -0.635. The highest BCUT2D eigenvalue weighted by molar-refractivity contribution is 7.09. The van der Waals surface area contributed by atoms with Crippen molar-refractivity contribution in [2.45, 2.75) is 19.0 Å². The lowest BCUT2D eigenvalue weighted by molar-refractivity contribution is -0.134. The molecule has 0 aromatic carbocycles. The second-order valence-electron chi connectivity index (χ2n) is 5.54. The zero-order chi connectivity index (χ0) is 17.2. The molecule has 1 fully saturated rings. The third kappa shape index (κ3) is 3.00. The van der Waals surface area contributed by atoms with Crippen LogP contribution in [0.25, 0.3) is 0 Å². The summed E-state index contributed by atoms with van der Waals surface area (Å²) in [7, 11) is 0. The number of urea groups is 1. The first kappa shape index (κ1) is 16.1. The summed E-state index contributed by atoms with van der Waals surface area (Å²) in [6.07, 6.45) is 3.11. The minimum atomic E-state index is -1.21. The second kappa shape index (κ2) is 6.40. The zero-order valence-corrected chi connectivity index (χ0v) is 13.8. The first-order chi connectivity index (χ1) is 11.5. The number of hydrogen-bond acceptors (Lipinski definition) is 5. The van der Waals surface area contributed by atoms with Gasteiger partial charge in [0, 0.05) is 22.8 Å². The van der Waals surface area contributed by atoms with Crippen molar-refractivity contribution >= 4 is 29.2 Å². The highest BCUT2D eigenvalue weighted by Gasteiger charge is 2.49. The van der Waals surface area contributed by atoms with E-state index in [-0.39, 0.29) is 12.5 Å². The van der Waals surface area contributed by atoms with Gasteiger partial charge >= 0.3 is 6.03 Å². The lowest BCUT2D eigenvalue weighted by Crippen LogP contribution is -2.43. The number of amides is 4. The standard InChI is InChI=1S/C16H16N4O3S/c1-16(11-4-2-6-17-8-11)14(22)20(15(23)19-16)10-13(21)18-9-12-5-3-7-24-12/h2-8H,9-10H2,1H3,(H,18,21)(H,19,23)/t16-/m1/s1. The summed E-state index contributed by atoms with van der Waals surface area (Å²) >= 11 is 1.52. The SMILES string of the molecule is C[C@]1(c2cccnc2)NC(=O)N(CC(=O)NCc2cccs2)C1=O. The molecule has 0 radical (unpaired) electrons. The van der Waals surface area contributed by atoms with E-state index in [0.29, 0.717) is 12.1 Å². The summed E-state index contributed by atoms with van der Waals surface area (Å²) in [4.78, 5) is 42.7. The average molecular weight is 344 g/mol. The number of aromatic nitrogens is 1. The van der Waals surface area contributed by atoms with Gasteiger partial charge in [-0.15, -0.1) is 11.3 Å². The molecule has 2 aromatic rings. The maximum atomic E-state index is 12.6. The van der Waals surface area contributed by atoms with E-state index in [9.17, 15) is 14.4 Å². The lowest BCUT2D eigenvalue weighted by atomic mass is 9.93. The second-order valence-corrected chi connectivity index (χ2v) is 6.58. The van der Waals surface area contributed by atoms with Gasteiger partial charge < -0.3 is 10.6 Å². The van der Waals surface area contributed by atoms with Gasteiger partial charge in [0.15, 0.2) is 0 Å². The molecule has 2 aromatic heterocycles. The molecule has 7 nitrogen and oxygen atoms in total. The number of nitrogens with one attached hydrogen (secondary N) is 2. The van der Waals surface area contributed by atoms with Crippen molar-refractivity contribution in [2.24, 2.45) is 0 Å². The molecule has 2 N–H and O–H groups in total. The third-order valence-electron chi connectivity index (χ3n) is 3.86. The van der Waals surface area contributed by atoms with Crippen molar-refractivity contribution < 1.29 is 14.4 Å². The van der Waals surface area contributed by atoms with Crippen molar-refractivity contribution in [3.05, 3.63) is 52.5 Å². The fraction of sp³-hybridized carbons (Fsp3) is 0.250. The number of thiophene rings is 1. The number of hydrogen-bond donors (Lipinski definition) is 2. The number of pyridine rings is 1. The number of rotatable bonds is 5. The van der Waals surface area contributed by atoms with E-state index in [4.69, 9.17) is 0 Å². The molecule has 4 amide bonds. The fourth-order valence-electron chi connectivity index (χ4n) is 2.49. The van der Waals surface area contributed by atoms with Crippen LogP contribution in [0.4, 0.5) is 4.79 Å². The van der Waals surface area contributed by atoms with Gasteiger partial charge in [0.1, 0.15) is 12.1 Å². The molecule has 1 saturated heterocycles. The molecular weight excluding hydrogens is 328 g/mol. The minimum absolute atomic E-state index is 0.314. The summed E-state index contributed by atoms with van der Waals surface area (Å²) in [6, 6.07) is 6.61. The molecule has 0 aliphatic carbocycles. The van der Waals surface area contributed by atoms with Crippen molar-refractivity contribution in [2.75, 3.05) is 6.54 Å². The average Bonchev–Trinajstić information content (AvgIpc) is 3.17. The smallest absolute Gasteiger partial charge is 0.325 e. The summed E-state index contributed by atoms with van der Waals surface area (Å²) < 4.78 is 0. The molecule has 124 valence electrons. The number of carbonyl (C=O) groups is 3. The first-order valence-electron chi connectivity index (χ1n) is 7.34. The molecule has 0 saturated carbocycles. The molecule has 8 heteroatoms. The number of nitrogens with zero attached hydrogens (tertiary/aromatic N) is 2. The Morgan fingerprint density at radius 1 is 1.38 bits per heavy atom. The predicted octanol–water partition coefficient (Wildman–Crippen LogP) is 1.23. The van der Waals surface area contributed by atoms with Crippen LogP contribution in [0.15, 0.2) is 42.0 Å². The quantitative estimate of drug-likeness (QED) is 0.798. The Labute approximate surface area is 142 Å². The van der Waals surface area contributed by atoms with Gasteiger partial charge in [0.2, 0.25) is 5.91 Å². The van der Waals surface area contributed by atoms with Gasteiger partial charge in [0.05, 0.1) is 6.54 Å². The number of imide groups is 1. The molecule has 3 rings (SSSR count). The highest BCUT2D eigenvalue weighted by Crippen LogP contribution is 2.27. The van der Waals surface area contributed by atoms with Gasteiger partial charge in [-0.1, -0.05) is 12.1 Å². The van der Waals surface area contributed by atoms with E-state index in [0.717, 1.165) is 9.78 Å². The van der Waals surface area contributed by atoms with Crippen LogP contribution in [0, 0.1) is 0 Å². The topological polar surface area (TPSA) is 91.4 Å². The highest BCUT2D eigenvalue weighted by atomic mass is 32.1. The van der Waals surface area contributed by atoms with Crippen molar-refractivity contribution in [3.8, 4) is 0 Å². The molecule has 1 aliphatic rings. The van der Waals surface area contributed by atoms with E-state index >= 15 is 0 Å². The first-order valence-corrected chi connectivity index (χ1v) is 8.22. The normalized spacial score (nSPS) is 20.1. The Morgan fingerprint density at radius 2 is 2.21 bits per heavy atom. The van der Waals surface area contributed by atoms with Crippen LogP contribution in [0.2, 0.25) is 0 Å². The summed E-state index contributed by atoms with van der Waals surface area (Å²) in [5.74, 6) is -0.853. The van der Waals surface area contributed by atoms with Crippen LogP contribution in [0.5, 0.6) is 0 Å². The lowest BCUT2D eigenvalue weighted by Gasteiger charge is -2.21. The summed E-state index contributed by atoms with van der Waals surface area (Å²) in [5, 5.41) is 7.26. The molecule has 0 unspecified atom stereocenters. The molecule has 1 aliphatic heterocycles. The molecular formula is C16H16N4O3S. The van der Waals surface area contributed by atoms with Crippen LogP contribution in [-0.4, -0.2) is 34.3 Å². The van der Waals surface area contributed by atoms with E-state index in [2.05, 4.69) is 15.6 Å². The van der Waals surface area contributed by atoms with E-state index in [1.165, 1.54) is 17.5 Å². The molecule has 24 heavy (non-hydrogen) atoms. The minimum Gasteiger partial charge on any atom is -0.350 e. The monoisotopic (exact) mass is 344 g/mol. The van der Waals surface area contributed by atoms with Gasteiger partial charge in [-0.2, -0.15) is 0 Å². The van der Waals surface area contributed by atoms with Crippen LogP contribution in [0.3, 0.4) is 0 Å². The largest absolute Gasteiger partial charge is 0.350 e. The van der Waals surface area contributed by atoms with Crippen molar-refractivity contribution in [3.63, 3.8) is 0 Å². The fourth-order valence-corrected chi connectivity index (χ4v) is 3.14. The van der Waals surface area contributed by atoms with Gasteiger partial charge in [-0.3, -0.25) is 19.5 Å². The molecule has 0 bridgehead atoms. The van der Waals surface area contributed by atoms with Gasteiger partial charge in [-0.05, 0) is 24.4 Å². The van der Waals surface area contributed by atoms with Gasteiger partial charge in [-0.25, -0.2) is 4.79 Å². The zero-order valence-electron chi connectivity index (χ0n) is 13.0. The van der Waals surface area contributed by atoms with Crippen LogP contribution >= 0.6 is 11.3 Å². The van der Waals surface area contributed by atoms with Crippen LogP contribution in [-0.2, 0) is 21.7 Å². The molecule has 0 spiro atoms. The Bertz CT molecular complexity index is 763. The van der Waals surface area contributed by atoms with Gasteiger partial charge in [0.25, 0.3) is 5.91 Å². The molecule has 1 atom stereocenters. The maximum Gasteiger partial charge on any atom is 0.325 e. The summed E-state index contributed by atoms with van der Waals surface area (Å²) in [6.45, 7) is 1.67. The van der Waals surface area contributed by atoms with Crippen molar-refractivity contribution in [1.29, 1.82) is 0 Å². The Kier molecular flexibility index (Phi) is 4.30. The van der Waals surface area contributed by atoms with E-state index in [1.807, 2.05) is 17.5 Å². The molecule has 3 heterocycles. The predicted molar refractivity (Wildman–Crippen MR) is 88.0 cm³/mol. The number of carbonyl (C=O) groups excluding carboxylic acids is 3. The van der Waals surface area contributed by atoms with Crippen molar-refractivity contribution in [1.82, 2.24) is 20.5 Å². The Morgan fingerprint density at radius 3 is 2.88 bits per heavy atom. The maximum absolute atomic E-state index is 12.6. The Hall–Kier alpha value is -2.74. The van der Waals surface area contributed by atoms with E-state index < -0.39 is 17.5 Å². The third-order valence-corrected chi connectivity index (χ3v) is 4.73.